The molecule has 0 saturated heterocycles. The maximum absolute atomic E-state index is 13.2. The van der Waals surface area contributed by atoms with E-state index in [0.717, 1.165) is 12.1 Å². The molecule has 0 aromatic heterocycles. The maximum Gasteiger partial charge on any atom is 0.159 e. The SMILES string of the molecule is CC(Nc1ccc(C#N)c(Cl)c1)c1ccc(F)c(F)c1. The van der Waals surface area contributed by atoms with E-state index in [2.05, 4.69) is 5.32 Å². The summed E-state index contributed by atoms with van der Waals surface area (Å²) in [5, 5.41) is 12.3. The Morgan fingerprint density at radius 1 is 1.15 bits per heavy atom. The third-order valence-electron chi connectivity index (χ3n) is 2.92. The third-order valence-corrected chi connectivity index (χ3v) is 3.23. The van der Waals surface area contributed by atoms with Gasteiger partial charge in [0.05, 0.1) is 10.6 Å². The number of anilines is 1. The summed E-state index contributed by atoms with van der Waals surface area (Å²) in [5.41, 5.74) is 1.70. The molecule has 102 valence electrons. The summed E-state index contributed by atoms with van der Waals surface area (Å²) in [4.78, 5) is 0. The first kappa shape index (κ1) is 14.3. The fourth-order valence-electron chi connectivity index (χ4n) is 1.81. The number of hydrogen-bond donors (Lipinski definition) is 1. The summed E-state index contributed by atoms with van der Waals surface area (Å²) in [6.45, 7) is 1.82. The summed E-state index contributed by atoms with van der Waals surface area (Å²) < 4.78 is 26.1. The fraction of sp³-hybridized carbons (Fsp3) is 0.133. The molecular formula is C15H11ClF2N2. The lowest BCUT2D eigenvalue weighted by molar-refractivity contribution is 0.506. The molecule has 2 rings (SSSR count). The molecule has 0 saturated carbocycles. The summed E-state index contributed by atoms with van der Waals surface area (Å²) in [6, 6.07) is 10.4. The number of benzene rings is 2. The smallest absolute Gasteiger partial charge is 0.159 e. The van der Waals surface area contributed by atoms with Gasteiger partial charge in [0, 0.05) is 11.7 Å². The molecule has 0 aliphatic carbocycles. The fourth-order valence-corrected chi connectivity index (χ4v) is 2.03. The second kappa shape index (κ2) is 5.89. The molecule has 0 radical (unpaired) electrons. The Hall–Kier alpha value is -2.12. The summed E-state index contributed by atoms with van der Waals surface area (Å²) in [6.07, 6.45) is 0. The highest BCUT2D eigenvalue weighted by Crippen LogP contribution is 2.25. The van der Waals surface area contributed by atoms with Crippen LogP contribution in [0.5, 0.6) is 0 Å². The highest BCUT2D eigenvalue weighted by atomic mass is 35.5. The van der Waals surface area contributed by atoms with Crippen molar-refractivity contribution in [3.8, 4) is 6.07 Å². The van der Waals surface area contributed by atoms with Gasteiger partial charge in [-0.3, -0.25) is 0 Å². The summed E-state index contributed by atoms with van der Waals surface area (Å²) in [5.74, 6) is -1.75. The van der Waals surface area contributed by atoms with Gasteiger partial charge in [-0.1, -0.05) is 17.7 Å². The zero-order valence-corrected chi connectivity index (χ0v) is 11.4. The molecule has 1 unspecified atom stereocenters. The average Bonchev–Trinajstić information content (AvgIpc) is 2.42. The van der Waals surface area contributed by atoms with Crippen LogP contribution in [0.2, 0.25) is 5.02 Å². The molecule has 20 heavy (non-hydrogen) atoms. The van der Waals surface area contributed by atoms with Crippen molar-refractivity contribution in [1.29, 1.82) is 5.26 Å². The van der Waals surface area contributed by atoms with Gasteiger partial charge in [-0.2, -0.15) is 5.26 Å². The maximum atomic E-state index is 13.2. The summed E-state index contributed by atoms with van der Waals surface area (Å²) in [7, 11) is 0. The van der Waals surface area contributed by atoms with Crippen LogP contribution in [0, 0.1) is 23.0 Å². The van der Waals surface area contributed by atoms with Crippen LogP contribution < -0.4 is 5.32 Å². The van der Waals surface area contributed by atoms with Crippen LogP contribution in [-0.4, -0.2) is 0 Å². The molecule has 0 amide bonds. The van der Waals surface area contributed by atoms with Gasteiger partial charge in [0.15, 0.2) is 11.6 Å². The molecule has 1 atom stereocenters. The first-order valence-corrected chi connectivity index (χ1v) is 6.30. The Morgan fingerprint density at radius 3 is 2.50 bits per heavy atom. The van der Waals surface area contributed by atoms with Crippen molar-refractivity contribution >= 4 is 17.3 Å². The molecule has 5 heteroatoms. The van der Waals surface area contributed by atoms with Crippen molar-refractivity contribution in [2.45, 2.75) is 13.0 Å². The second-order valence-electron chi connectivity index (χ2n) is 4.35. The van der Waals surface area contributed by atoms with Crippen molar-refractivity contribution < 1.29 is 8.78 Å². The van der Waals surface area contributed by atoms with Gasteiger partial charge < -0.3 is 5.32 Å². The number of nitrogens with one attached hydrogen (secondary N) is 1. The lowest BCUT2D eigenvalue weighted by atomic mass is 10.1. The van der Waals surface area contributed by atoms with Gasteiger partial charge >= 0.3 is 0 Å². The summed E-state index contributed by atoms with van der Waals surface area (Å²) >= 11 is 5.93. The Balaban J connectivity index is 2.19. The van der Waals surface area contributed by atoms with Gasteiger partial charge in [-0.25, -0.2) is 8.78 Å². The number of nitrogens with zero attached hydrogens (tertiary/aromatic N) is 1. The molecule has 0 bridgehead atoms. The molecule has 0 aliphatic heterocycles. The van der Waals surface area contributed by atoms with E-state index in [1.165, 1.54) is 6.07 Å². The molecule has 1 N–H and O–H groups in total. The van der Waals surface area contributed by atoms with E-state index in [0.29, 0.717) is 21.8 Å². The lowest BCUT2D eigenvalue weighted by Crippen LogP contribution is -2.07. The molecule has 2 aromatic carbocycles. The topological polar surface area (TPSA) is 35.8 Å². The van der Waals surface area contributed by atoms with E-state index < -0.39 is 11.6 Å². The Bertz CT molecular complexity index is 680. The quantitative estimate of drug-likeness (QED) is 0.893. The highest BCUT2D eigenvalue weighted by molar-refractivity contribution is 6.32. The predicted octanol–water partition coefficient (Wildman–Crippen LogP) is 4.66. The molecule has 2 aromatic rings. The molecular weight excluding hydrogens is 282 g/mol. The van der Waals surface area contributed by atoms with Crippen LogP contribution in [0.1, 0.15) is 24.1 Å². The van der Waals surface area contributed by atoms with Gasteiger partial charge in [-0.05, 0) is 42.8 Å². The Morgan fingerprint density at radius 2 is 1.90 bits per heavy atom. The van der Waals surface area contributed by atoms with Crippen LogP contribution in [0.4, 0.5) is 14.5 Å². The van der Waals surface area contributed by atoms with Crippen LogP contribution >= 0.6 is 11.6 Å². The first-order chi connectivity index (χ1) is 9.51. The van der Waals surface area contributed by atoms with E-state index in [1.807, 2.05) is 13.0 Å². The zero-order valence-electron chi connectivity index (χ0n) is 10.6. The van der Waals surface area contributed by atoms with Gasteiger partial charge in [-0.15, -0.1) is 0 Å². The standard InChI is InChI=1S/C15H11ClF2N2/c1-9(10-3-5-14(17)15(18)6-10)20-12-4-2-11(8-19)13(16)7-12/h2-7,9,20H,1H3. The normalized spacial score (nSPS) is 11.8. The highest BCUT2D eigenvalue weighted by Gasteiger charge is 2.10. The number of halogens is 3. The van der Waals surface area contributed by atoms with Crippen molar-refractivity contribution in [3.63, 3.8) is 0 Å². The molecule has 0 fully saturated rings. The Kier molecular flexibility index (Phi) is 4.21. The van der Waals surface area contributed by atoms with Crippen LogP contribution in [0.15, 0.2) is 36.4 Å². The van der Waals surface area contributed by atoms with Crippen LogP contribution in [0.25, 0.3) is 0 Å². The molecule has 0 aliphatic rings. The minimum Gasteiger partial charge on any atom is -0.378 e. The van der Waals surface area contributed by atoms with E-state index in [1.54, 1.807) is 18.2 Å². The number of hydrogen-bond acceptors (Lipinski definition) is 2. The lowest BCUT2D eigenvalue weighted by Gasteiger charge is -2.16. The van der Waals surface area contributed by atoms with E-state index in [-0.39, 0.29) is 6.04 Å². The largest absolute Gasteiger partial charge is 0.378 e. The van der Waals surface area contributed by atoms with E-state index in [4.69, 9.17) is 16.9 Å². The average molecular weight is 293 g/mol. The number of rotatable bonds is 3. The van der Waals surface area contributed by atoms with Gasteiger partial charge in [0.25, 0.3) is 0 Å². The predicted molar refractivity (Wildman–Crippen MR) is 74.6 cm³/mol. The minimum absolute atomic E-state index is 0.228. The van der Waals surface area contributed by atoms with Crippen molar-refractivity contribution in [3.05, 3.63) is 64.2 Å². The Labute approximate surface area is 120 Å². The van der Waals surface area contributed by atoms with Crippen molar-refractivity contribution in [2.75, 3.05) is 5.32 Å². The second-order valence-corrected chi connectivity index (χ2v) is 4.75. The monoisotopic (exact) mass is 292 g/mol. The third kappa shape index (κ3) is 3.06. The minimum atomic E-state index is -0.881. The van der Waals surface area contributed by atoms with Crippen LogP contribution in [0.3, 0.4) is 0 Å². The number of nitriles is 1. The van der Waals surface area contributed by atoms with E-state index >= 15 is 0 Å². The van der Waals surface area contributed by atoms with Gasteiger partial charge in [0.1, 0.15) is 6.07 Å². The molecule has 0 heterocycles. The van der Waals surface area contributed by atoms with Crippen molar-refractivity contribution in [2.24, 2.45) is 0 Å². The first-order valence-electron chi connectivity index (χ1n) is 5.92. The molecule has 2 nitrogen and oxygen atoms in total. The van der Waals surface area contributed by atoms with Crippen LogP contribution in [-0.2, 0) is 0 Å². The molecule has 0 spiro atoms. The van der Waals surface area contributed by atoms with E-state index in [9.17, 15) is 8.78 Å². The van der Waals surface area contributed by atoms with Gasteiger partial charge in [0.2, 0.25) is 0 Å². The zero-order chi connectivity index (χ0) is 14.7. The van der Waals surface area contributed by atoms with Crippen molar-refractivity contribution in [1.82, 2.24) is 0 Å².